The predicted octanol–water partition coefficient (Wildman–Crippen LogP) is 3.44. The molecule has 0 fully saturated rings. The molecular weight excluding hydrogens is 326 g/mol. The Labute approximate surface area is 140 Å². The first-order valence-electron chi connectivity index (χ1n) is 7.14. The highest BCUT2D eigenvalue weighted by Gasteiger charge is 2.14. The van der Waals surface area contributed by atoms with Crippen LogP contribution < -0.4 is 10.0 Å². The molecule has 0 aliphatic rings. The zero-order valence-electron chi connectivity index (χ0n) is 12.3. The molecule has 0 saturated carbocycles. The highest BCUT2D eigenvalue weighted by Crippen LogP contribution is 2.30. The Kier molecular flexibility index (Phi) is 3.47. The molecule has 0 saturated heterocycles. The fraction of sp³-hybridized carbons (Fsp3) is 0. The number of amides is 1. The van der Waals surface area contributed by atoms with Crippen molar-refractivity contribution in [2.24, 2.45) is 0 Å². The lowest BCUT2D eigenvalue weighted by Gasteiger charge is -2.01. The normalized spacial score (nSPS) is 10.8. The van der Waals surface area contributed by atoms with Gasteiger partial charge in [0.25, 0.3) is 5.91 Å². The lowest BCUT2D eigenvalue weighted by atomic mass is 10.2. The minimum atomic E-state index is -0.384. The van der Waals surface area contributed by atoms with Crippen LogP contribution in [0.4, 0.5) is 5.13 Å². The number of fused-ring (bicyclic) bond motifs is 1. The number of thiazole rings is 1. The van der Waals surface area contributed by atoms with Crippen LogP contribution in [0.5, 0.6) is 0 Å². The number of furan rings is 1. The molecule has 0 radical (unpaired) electrons. The lowest BCUT2D eigenvalue weighted by Crippen LogP contribution is -2.27. The van der Waals surface area contributed by atoms with Crippen molar-refractivity contribution in [3.05, 3.63) is 71.0 Å². The van der Waals surface area contributed by atoms with Gasteiger partial charge in [0.05, 0.1) is 0 Å². The smallest absolute Gasteiger partial charge is 0.263 e. The highest BCUT2D eigenvalue weighted by atomic mass is 32.1. The molecule has 24 heavy (non-hydrogen) atoms. The van der Waals surface area contributed by atoms with Gasteiger partial charge in [-0.2, -0.15) is 4.73 Å². The Morgan fingerprint density at radius 2 is 2.12 bits per heavy atom. The summed E-state index contributed by atoms with van der Waals surface area (Å²) >= 11 is 1.29. The number of pyridine rings is 1. The topological polar surface area (TPSA) is 82.1 Å². The molecule has 0 unspecified atom stereocenters. The molecule has 1 aromatic carbocycles. The minimum Gasteiger partial charge on any atom is -0.619 e. The summed E-state index contributed by atoms with van der Waals surface area (Å²) in [5.41, 5.74) is 1.71. The summed E-state index contributed by atoms with van der Waals surface area (Å²) in [6.07, 6.45) is 2.53. The van der Waals surface area contributed by atoms with Crippen LogP contribution in [0, 0.1) is 5.21 Å². The van der Waals surface area contributed by atoms with Crippen molar-refractivity contribution in [1.82, 2.24) is 4.98 Å². The molecule has 0 bridgehead atoms. The lowest BCUT2D eigenvalue weighted by molar-refractivity contribution is -0.605. The monoisotopic (exact) mass is 337 g/mol. The maximum atomic E-state index is 12.1. The zero-order valence-corrected chi connectivity index (χ0v) is 13.1. The van der Waals surface area contributed by atoms with Gasteiger partial charge in [-0.05, 0) is 18.2 Å². The summed E-state index contributed by atoms with van der Waals surface area (Å²) in [5.74, 6) is 0.260. The molecule has 1 N–H and O–H groups in total. The number of benzene rings is 1. The summed E-state index contributed by atoms with van der Waals surface area (Å²) in [4.78, 5) is 16.5. The molecule has 4 aromatic rings. The SMILES string of the molecule is O=C(Nc1nc(-c2cc3ccccc3o2)cs1)c1ccc[n+]([O-])c1. The van der Waals surface area contributed by atoms with E-state index in [1.165, 1.54) is 29.8 Å². The molecule has 0 atom stereocenters. The summed E-state index contributed by atoms with van der Waals surface area (Å²) in [6, 6.07) is 12.7. The number of hydrogen-bond acceptors (Lipinski definition) is 5. The summed E-state index contributed by atoms with van der Waals surface area (Å²) in [6.45, 7) is 0. The van der Waals surface area contributed by atoms with Gasteiger partial charge in [-0.1, -0.05) is 18.2 Å². The first kappa shape index (κ1) is 14.4. The third-order valence-electron chi connectivity index (χ3n) is 3.44. The van der Waals surface area contributed by atoms with Crippen LogP contribution in [0.3, 0.4) is 0 Å². The first-order valence-corrected chi connectivity index (χ1v) is 8.02. The van der Waals surface area contributed by atoms with Gasteiger partial charge >= 0.3 is 0 Å². The zero-order chi connectivity index (χ0) is 16.5. The highest BCUT2D eigenvalue weighted by molar-refractivity contribution is 7.14. The number of carbonyl (C=O) groups is 1. The third kappa shape index (κ3) is 2.72. The Morgan fingerprint density at radius 3 is 2.96 bits per heavy atom. The van der Waals surface area contributed by atoms with Gasteiger partial charge in [0.15, 0.2) is 23.3 Å². The van der Waals surface area contributed by atoms with Crippen molar-refractivity contribution in [2.75, 3.05) is 5.32 Å². The minimum absolute atomic E-state index is 0.271. The molecule has 0 spiro atoms. The second-order valence-electron chi connectivity index (χ2n) is 5.09. The molecular formula is C17H11N3O3S. The van der Waals surface area contributed by atoms with E-state index in [1.807, 2.05) is 35.7 Å². The van der Waals surface area contributed by atoms with Gasteiger partial charge in [0.1, 0.15) is 16.8 Å². The van der Waals surface area contributed by atoms with Crippen LogP contribution in [0.1, 0.15) is 10.4 Å². The van der Waals surface area contributed by atoms with Crippen molar-refractivity contribution in [2.45, 2.75) is 0 Å². The van der Waals surface area contributed by atoms with Gasteiger partial charge < -0.3 is 9.62 Å². The van der Waals surface area contributed by atoms with E-state index in [1.54, 1.807) is 6.07 Å². The number of anilines is 1. The second-order valence-corrected chi connectivity index (χ2v) is 5.95. The number of nitrogens with one attached hydrogen (secondary N) is 1. The summed E-state index contributed by atoms with van der Waals surface area (Å²) in [7, 11) is 0. The van der Waals surface area contributed by atoms with E-state index in [0.717, 1.165) is 11.0 Å². The Hall–Kier alpha value is -3.19. The molecule has 3 heterocycles. The van der Waals surface area contributed by atoms with E-state index in [9.17, 15) is 10.0 Å². The first-order chi connectivity index (χ1) is 11.7. The number of aromatic nitrogens is 2. The van der Waals surface area contributed by atoms with E-state index in [-0.39, 0.29) is 11.5 Å². The molecule has 4 rings (SSSR count). The Bertz CT molecular complexity index is 1010. The molecule has 0 aliphatic carbocycles. The molecule has 118 valence electrons. The van der Waals surface area contributed by atoms with Crippen LogP contribution in [0.15, 0.2) is 64.7 Å². The third-order valence-corrected chi connectivity index (χ3v) is 4.20. The van der Waals surface area contributed by atoms with E-state index in [2.05, 4.69) is 10.3 Å². The Balaban J connectivity index is 1.57. The van der Waals surface area contributed by atoms with Crippen molar-refractivity contribution >= 4 is 33.3 Å². The van der Waals surface area contributed by atoms with Gasteiger partial charge in [-0.15, -0.1) is 11.3 Å². The molecule has 3 aromatic heterocycles. The average Bonchev–Trinajstić information content (AvgIpc) is 3.21. The van der Waals surface area contributed by atoms with Crippen molar-refractivity contribution in [1.29, 1.82) is 0 Å². The molecule has 1 amide bonds. The van der Waals surface area contributed by atoms with E-state index < -0.39 is 0 Å². The Morgan fingerprint density at radius 1 is 1.25 bits per heavy atom. The number of para-hydroxylation sites is 1. The molecule has 0 aliphatic heterocycles. The van der Waals surface area contributed by atoms with Crippen LogP contribution in [0.25, 0.3) is 22.4 Å². The number of carbonyl (C=O) groups excluding carboxylic acids is 1. The predicted molar refractivity (Wildman–Crippen MR) is 90.7 cm³/mol. The number of rotatable bonds is 3. The maximum absolute atomic E-state index is 12.1. The largest absolute Gasteiger partial charge is 0.619 e. The number of nitrogens with zero attached hydrogens (tertiary/aromatic N) is 2. The van der Waals surface area contributed by atoms with E-state index in [0.29, 0.717) is 21.3 Å². The average molecular weight is 337 g/mol. The van der Waals surface area contributed by atoms with E-state index in [4.69, 9.17) is 4.42 Å². The quantitative estimate of drug-likeness (QED) is 0.458. The van der Waals surface area contributed by atoms with Crippen LogP contribution in [-0.2, 0) is 0 Å². The van der Waals surface area contributed by atoms with Crippen molar-refractivity contribution in [3.8, 4) is 11.5 Å². The number of hydrogen-bond donors (Lipinski definition) is 1. The van der Waals surface area contributed by atoms with Crippen molar-refractivity contribution in [3.63, 3.8) is 0 Å². The van der Waals surface area contributed by atoms with Crippen molar-refractivity contribution < 1.29 is 13.9 Å². The van der Waals surface area contributed by atoms with E-state index >= 15 is 0 Å². The van der Waals surface area contributed by atoms with Gasteiger partial charge in [0, 0.05) is 16.8 Å². The molecule has 7 heteroatoms. The van der Waals surface area contributed by atoms with Crippen LogP contribution in [0.2, 0.25) is 0 Å². The van der Waals surface area contributed by atoms with Gasteiger partial charge in [-0.25, -0.2) is 4.98 Å². The molecule has 6 nitrogen and oxygen atoms in total. The van der Waals surface area contributed by atoms with Gasteiger partial charge in [-0.3, -0.25) is 10.1 Å². The van der Waals surface area contributed by atoms with Crippen LogP contribution >= 0.6 is 11.3 Å². The summed E-state index contributed by atoms with van der Waals surface area (Å²) in [5, 5.41) is 17.2. The fourth-order valence-electron chi connectivity index (χ4n) is 2.31. The van der Waals surface area contributed by atoms with Crippen LogP contribution in [-0.4, -0.2) is 10.9 Å². The fourth-order valence-corrected chi connectivity index (χ4v) is 3.01. The second kappa shape index (κ2) is 5.78. The maximum Gasteiger partial charge on any atom is 0.263 e. The van der Waals surface area contributed by atoms with Gasteiger partial charge in [0.2, 0.25) is 0 Å². The standard InChI is InChI=1S/C17H11N3O3S/c21-16(12-5-3-7-20(22)9-12)19-17-18-13(10-24-17)15-8-11-4-1-2-6-14(11)23-15/h1-10H,(H,18,19,21). The summed E-state index contributed by atoms with van der Waals surface area (Å²) < 4.78 is 6.34.